The molecule has 1 N–H and O–H groups in total. The number of likely N-dealkylation sites (tertiary alicyclic amines) is 1. The molecule has 2 aliphatic heterocycles. The predicted molar refractivity (Wildman–Crippen MR) is 119 cm³/mol. The first kappa shape index (κ1) is 20.9. The van der Waals surface area contributed by atoms with Crippen LogP contribution in [0.15, 0.2) is 24.3 Å². The third kappa shape index (κ3) is 5.40. The van der Waals surface area contributed by atoms with E-state index in [1.54, 1.807) is 0 Å². The maximum Gasteiger partial charge on any atom is 0.239 e. The van der Waals surface area contributed by atoms with E-state index >= 15 is 0 Å². The number of nitrogens with one attached hydrogen (secondary N) is 1. The summed E-state index contributed by atoms with van der Waals surface area (Å²) in [4.78, 5) is 18.2. The number of hydrogen-bond donors (Lipinski definition) is 1. The molecular formula is C25H39N3O. The summed E-state index contributed by atoms with van der Waals surface area (Å²) in [5, 5.41) is 3.44. The Balaban J connectivity index is 1.27. The van der Waals surface area contributed by atoms with Crippen LogP contribution in [0.1, 0.15) is 62.5 Å². The highest BCUT2D eigenvalue weighted by atomic mass is 16.2. The fourth-order valence-electron chi connectivity index (χ4n) is 5.57. The summed E-state index contributed by atoms with van der Waals surface area (Å²) >= 11 is 0. The number of nitrogens with zero attached hydrogens (tertiary/aromatic N) is 2. The zero-order valence-electron chi connectivity index (χ0n) is 18.2. The van der Waals surface area contributed by atoms with Crippen LogP contribution in [-0.4, -0.2) is 60.5 Å². The van der Waals surface area contributed by atoms with Gasteiger partial charge in [0.05, 0.1) is 6.04 Å². The fourth-order valence-corrected chi connectivity index (χ4v) is 5.57. The normalized spacial score (nSPS) is 24.2. The van der Waals surface area contributed by atoms with Crippen molar-refractivity contribution < 1.29 is 4.79 Å². The van der Waals surface area contributed by atoms with E-state index in [1.807, 2.05) is 0 Å². The highest BCUT2D eigenvalue weighted by molar-refractivity contribution is 5.82. The number of aryl methyl sites for hydroxylation is 1. The number of hydrogen-bond acceptors (Lipinski definition) is 3. The standard InChI is InChI=1S/C25H39N3O/c1-20-7-2-3-8-22(20)14-18-27-16-12-21(13-17-27)19-28(23-9-4-5-10-23)25(29)24-11-6-15-26-24/h2-3,7-8,21,23-24,26H,4-6,9-19H2,1H3. The van der Waals surface area contributed by atoms with Crippen molar-refractivity contribution in [1.29, 1.82) is 0 Å². The van der Waals surface area contributed by atoms with Crippen LogP contribution in [0.5, 0.6) is 0 Å². The maximum atomic E-state index is 13.2. The molecule has 29 heavy (non-hydrogen) atoms. The second-order valence-corrected chi connectivity index (χ2v) is 9.54. The monoisotopic (exact) mass is 397 g/mol. The lowest BCUT2D eigenvalue weighted by molar-refractivity contribution is -0.136. The molecule has 160 valence electrons. The molecule has 1 atom stereocenters. The summed E-state index contributed by atoms with van der Waals surface area (Å²) in [6.07, 6.45) is 10.8. The minimum Gasteiger partial charge on any atom is -0.338 e. The molecule has 1 aliphatic carbocycles. The number of piperidine rings is 1. The second kappa shape index (κ2) is 10.1. The van der Waals surface area contributed by atoms with Crippen molar-refractivity contribution in [3.63, 3.8) is 0 Å². The zero-order chi connectivity index (χ0) is 20.1. The molecule has 0 bridgehead atoms. The van der Waals surface area contributed by atoms with Crippen LogP contribution in [0, 0.1) is 12.8 Å². The average Bonchev–Trinajstić information content (AvgIpc) is 3.46. The van der Waals surface area contributed by atoms with Crippen molar-refractivity contribution in [3.05, 3.63) is 35.4 Å². The Hall–Kier alpha value is -1.39. The Morgan fingerprint density at radius 1 is 1.07 bits per heavy atom. The van der Waals surface area contributed by atoms with Gasteiger partial charge >= 0.3 is 0 Å². The Kier molecular flexibility index (Phi) is 7.25. The lowest BCUT2D eigenvalue weighted by Gasteiger charge is -2.38. The van der Waals surface area contributed by atoms with Crippen LogP contribution in [0.3, 0.4) is 0 Å². The summed E-state index contributed by atoms with van der Waals surface area (Å²) in [6.45, 7) is 7.75. The van der Waals surface area contributed by atoms with Gasteiger partial charge in [-0.1, -0.05) is 37.1 Å². The van der Waals surface area contributed by atoms with Crippen LogP contribution in [0.4, 0.5) is 0 Å². The quantitative estimate of drug-likeness (QED) is 0.761. The van der Waals surface area contributed by atoms with E-state index in [4.69, 9.17) is 0 Å². The van der Waals surface area contributed by atoms with E-state index < -0.39 is 0 Å². The Bertz CT molecular complexity index is 656. The van der Waals surface area contributed by atoms with Crippen molar-refractivity contribution in [2.75, 3.05) is 32.7 Å². The van der Waals surface area contributed by atoms with Crippen LogP contribution in [0.25, 0.3) is 0 Å². The predicted octanol–water partition coefficient (Wildman–Crippen LogP) is 3.77. The maximum absolute atomic E-state index is 13.2. The van der Waals surface area contributed by atoms with E-state index in [0.29, 0.717) is 17.9 Å². The van der Waals surface area contributed by atoms with Crippen LogP contribution >= 0.6 is 0 Å². The van der Waals surface area contributed by atoms with Gasteiger partial charge in [0.15, 0.2) is 0 Å². The van der Waals surface area contributed by atoms with Crippen molar-refractivity contribution in [2.45, 2.75) is 76.8 Å². The van der Waals surface area contributed by atoms with Crippen molar-refractivity contribution in [1.82, 2.24) is 15.1 Å². The molecule has 2 saturated heterocycles. The van der Waals surface area contributed by atoms with Crippen LogP contribution < -0.4 is 5.32 Å². The third-order valence-corrected chi connectivity index (χ3v) is 7.53. The van der Waals surface area contributed by atoms with Gasteiger partial charge in [-0.2, -0.15) is 0 Å². The van der Waals surface area contributed by atoms with Crippen molar-refractivity contribution in [3.8, 4) is 0 Å². The molecule has 2 heterocycles. The lowest BCUT2D eigenvalue weighted by atomic mass is 9.94. The van der Waals surface area contributed by atoms with Crippen LogP contribution in [-0.2, 0) is 11.2 Å². The Morgan fingerprint density at radius 3 is 2.52 bits per heavy atom. The first-order chi connectivity index (χ1) is 14.2. The van der Waals surface area contributed by atoms with Gasteiger partial charge in [-0.25, -0.2) is 0 Å². The number of benzene rings is 1. The minimum atomic E-state index is 0.0878. The minimum absolute atomic E-state index is 0.0878. The molecule has 3 aliphatic rings. The molecular weight excluding hydrogens is 358 g/mol. The molecule has 0 aromatic heterocycles. The first-order valence-corrected chi connectivity index (χ1v) is 12.0. The van der Waals surface area contributed by atoms with Crippen molar-refractivity contribution in [2.24, 2.45) is 5.92 Å². The summed E-state index contributed by atoms with van der Waals surface area (Å²) in [5.74, 6) is 1.08. The van der Waals surface area contributed by atoms with Gasteiger partial charge in [0.25, 0.3) is 0 Å². The van der Waals surface area contributed by atoms with E-state index in [1.165, 1.54) is 62.7 Å². The largest absolute Gasteiger partial charge is 0.338 e. The van der Waals surface area contributed by atoms with Gasteiger partial charge in [-0.05, 0) is 88.5 Å². The van der Waals surface area contributed by atoms with E-state index in [0.717, 1.165) is 38.9 Å². The summed E-state index contributed by atoms with van der Waals surface area (Å²) in [7, 11) is 0. The zero-order valence-corrected chi connectivity index (χ0v) is 18.2. The fraction of sp³-hybridized carbons (Fsp3) is 0.720. The SMILES string of the molecule is Cc1ccccc1CCN1CCC(CN(C(=O)C2CCCN2)C2CCCC2)CC1. The highest BCUT2D eigenvalue weighted by Gasteiger charge is 2.34. The second-order valence-electron chi connectivity index (χ2n) is 9.54. The van der Waals surface area contributed by atoms with Gasteiger partial charge in [-0.3, -0.25) is 4.79 Å². The average molecular weight is 398 g/mol. The number of amides is 1. The molecule has 1 unspecified atom stereocenters. The molecule has 1 aromatic rings. The van der Waals surface area contributed by atoms with Crippen LogP contribution in [0.2, 0.25) is 0 Å². The highest BCUT2D eigenvalue weighted by Crippen LogP contribution is 2.28. The molecule has 1 amide bonds. The van der Waals surface area contributed by atoms with E-state index in [2.05, 4.69) is 46.3 Å². The molecule has 4 nitrogen and oxygen atoms in total. The van der Waals surface area contributed by atoms with Gasteiger partial charge in [-0.15, -0.1) is 0 Å². The molecule has 3 fully saturated rings. The third-order valence-electron chi connectivity index (χ3n) is 7.53. The topological polar surface area (TPSA) is 35.6 Å². The number of carbonyl (C=O) groups is 1. The molecule has 1 saturated carbocycles. The summed E-state index contributed by atoms with van der Waals surface area (Å²) in [6, 6.07) is 9.36. The molecule has 4 rings (SSSR count). The van der Waals surface area contributed by atoms with Gasteiger partial charge in [0, 0.05) is 19.1 Å². The Labute approximate surface area is 177 Å². The van der Waals surface area contributed by atoms with Crippen molar-refractivity contribution >= 4 is 5.91 Å². The smallest absolute Gasteiger partial charge is 0.239 e. The number of carbonyl (C=O) groups excluding carboxylic acids is 1. The Morgan fingerprint density at radius 2 is 1.83 bits per heavy atom. The molecule has 0 spiro atoms. The number of rotatable bonds is 7. The van der Waals surface area contributed by atoms with Gasteiger partial charge in [0.1, 0.15) is 0 Å². The van der Waals surface area contributed by atoms with E-state index in [-0.39, 0.29) is 6.04 Å². The molecule has 4 heteroatoms. The van der Waals surface area contributed by atoms with Gasteiger partial charge in [0.2, 0.25) is 5.91 Å². The molecule has 1 aromatic carbocycles. The lowest BCUT2D eigenvalue weighted by Crippen LogP contribution is -2.50. The van der Waals surface area contributed by atoms with Gasteiger partial charge < -0.3 is 15.1 Å². The van der Waals surface area contributed by atoms with E-state index in [9.17, 15) is 4.79 Å². The first-order valence-electron chi connectivity index (χ1n) is 12.0. The summed E-state index contributed by atoms with van der Waals surface area (Å²) < 4.78 is 0. The molecule has 0 radical (unpaired) electrons. The summed E-state index contributed by atoms with van der Waals surface area (Å²) in [5.41, 5.74) is 2.89.